The molecule has 39 heavy (non-hydrogen) atoms. The van der Waals surface area contributed by atoms with Crippen molar-refractivity contribution in [2.45, 2.75) is 185 Å². The van der Waals surface area contributed by atoms with Gasteiger partial charge in [-0.3, -0.25) is 0 Å². The Labute approximate surface area is 282 Å². The van der Waals surface area contributed by atoms with Crippen molar-refractivity contribution < 1.29 is 19.5 Å². The number of hydrogen-bond acceptors (Lipinski definition) is 4. The van der Waals surface area contributed by atoms with Crippen LogP contribution in [0.3, 0.4) is 0 Å². The normalized spacial score (nSPS) is 15.3. The summed E-state index contributed by atoms with van der Waals surface area (Å²) in [6, 6.07) is 0. The molecule has 0 saturated carbocycles. The molecule has 0 bridgehead atoms. The van der Waals surface area contributed by atoms with E-state index in [2.05, 4.69) is 138 Å². The van der Waals surface area contributed by atoms with Crippen LogP contribution in [0, 0.1) is 21.7 Å². The maximum absolute atomic E-state index is 6.08. The minimum Gasteiger partial charge on any atom is -0.745 e. The molecular weight excluding hydrogens is 640 g/mol. The van der Waals surface area contributed by atoms with E-state index in [9.17, 15) is 0 Å². The maximum Gasteiger partial charge on any atom is 2.00 e. The standard InChI is InChI=1S/2C16H35PS2.Zn/c2*1-13(2,3)11-15(7,8)17(18,19)16(9,10)12-14(4,5)6;/h2*11-12H2,1-10H3,(H,18,19);/q;;+2/p-2. The SMILES string of the molecule is CC(C)(C)CC(C)(C)P(=S)([S-])C(C)(C)CC(C)(C)C.CC(C)(C)CC(C)(C)P(=S)([S-])C(C)(C)CC(C)(C)C.[Zn+2]. The van der Waals surface area contributed by atoms with Gasteiger partial charge in [0.2, 0.25) is 0 Å². The van der Waals surface area contributed by atoms with E-state index in [1.54, 1.807) is 0 Å². The maximum atomic E-state index is 6.08. The Morgan fingerprint density at radius 3 is 0.538 bits per heavy atom. The fourth-order valence-electron chi connectivity index (χ4n) is 7.25. The summed E-state index contributed by atoms with van der Waals surface area (Å²) in [5, 5.41) is -3.45. The summed E-state index contributed by atoms with van der Waals surface area (Å²) in [5.74, 6) is 0. The van der Waals surface area contributed by atoms with Gasteiger partial charge in [0.1, 0.15) is 0 Å². The molecule has 232 valence electrons. The van der Waals surface area contributed by atoms with E-state index in [1.807, 2.05) is 0 Å². The van der Waals surface area contributed by atoms with Gasteiger partial charge in [-0.2, -0.15) is 10.5 Å². The molecular formula is C32H68P2S4Zn. The van der Waals surface area contributed by atoms with E-state index in [4.69, 9.17) is 48.1 Å². The second kappa shape index (κ2) is 14.4. The van der Waals surface area contributed by atoms with Gasteiger partial charge in [-0.1, -0.05) is 138 Å². The Morgan fingerprint density at radius 2 is 0.462 bits per heavy atom. The van der Waals surface area contributed by atoms with Crippen molar-refractivity contribution >= 4 is 58.6 Å². The van der Waals surface area contributed by atoms with Crippen molar-refractivity contribution in [3.63, 3.8) is 0 Å². The van der Waals surface area contributed by atoms with Crippen LogP contribution in [0.15, 0.2) is 0 Å². The van der Waals surface area contributed by atoms with Gasteiger partial charge < -0.3 is 24.5 Å². The van der Waals surface area contributed by atoms with Crippen LogP contribution >= 0.6 is 10.5 Å². The molecule has 0 aliphatic carbocycles. The zero-order valence-electron chi connectivity index (χ0n) is 30.1. The van der Waals surface area contributed by atoms with Crippen molar-refractivity contribution in [1.82, 2.24) is 0 Å². The second-order valence-electron chi connectivity index (χ2n) is 19.3. The quantitative estimate of drug-likeness (QED) is 0.140. The Balaban J connectivity index is -0.000000648. The van der Waals surface area contributed by atoms with Gasteiger partial charge in [0.05, 0.1) is 0 Å². The summed E-state index contributed by atoms with van der Waals surface area (Å²) < 4.78 is 0. The Kier molecular flexibility index (Phi) is 17.0. The summed E-state index contributed by atoms with van der Waals surface area (Å²) >= 11 is 24.3. The minimum atomic E-state index is -1.87. The van der Waals surface area contributed by atoms with Crippen LogP contribution in [0.5, 0.6) is 0 Å². The van der Waals surface area contributed by atoms with E-state index >= 15 is 0 Å². The topological polar surface area (TPSA) is 0 Å². The van der Waals surface area contributed by atoms with E-state index < -0.39 is 10.5 Å². The van der Waals surface area contributed by atoms with Gasteiger partial charge in [0.25, 0.3) is 0 Å². The predicted molar refractivity (Wildman–Crippen MR) is 196 cm³/mol. The molecule has 0 aliphatic rings. The van der Waals surface area contributed by atoms with Crippen LogP contribution in [0.2, 0.25) is 0 Å². The molecule has 7 heteroatoms. The third-order valence-corrected chi connectivity index (χ3v) is 25.9. The summed E-state index contributed by atoms with van der Waals surface area (Å²) in [7, 11) is 0. The molecule has 0 N–H and O–H groups in total. The van der Waals surface area contributed by atoms with E-state index in [0.717, 1.165) is 25.7 Å². The second-order valence-corrected chi connectivity index (χ2v) is 34.3. The fraction of sp³-hybridized carbons (Fsp3) is 1.00. The molecule has 0 spiro atoms. The zero-order valence-corrected chi connectivity index (χ0v) is 38.1. The first-order chi connectivity index (χ1) is 15.8. The molecule has 0 radical (unpaired) electrons. The molecule has 0 saturated heterocycles. The van der Waals surface area contributed by atoms with Gasteiger partial charge >= 0.3 is 19.5 Å². The predicted octanol–water partition coefficient (Wildman–Crippen LogP) is 12.7. The van der Waals surface area contributed by atoms with Crippen LogP contribution in [0.1, 0.15) is 164 Å². The molecule has 0 fully saturated rings. The Hall–Kier alpha value is 2.62. The van der Waals surface area contributed by atoms with E-state index in [1.165, 1.54) is 0 Å². The van der Waals surface area contributed by atoms with Gasteiger partial charge in [0, 0.05) is 0 Å². The third kappa shape index (κ3) is 15.5. The van der Waals surface area contributed by atoms with Crippen LogP contribution in [0.25, 0.3) is 0 Å². The first-order valence-electron chi connectivity index (χ1n) is 14.5. The molecule has 0 heterocycles. The summed E-state index contributed by atoms with van der Waals surface area (Å²) in [6.45, 7) is 45.9. The third-order valence-electron chi connectivity index (χ3n) is 7.04. The van der Waals surface area contributed by atoms with Gasteiger partial charge in [-0.25, -0.2) is 0 Å². The van der Waals surface area contributed by atoms with Crippen molar-refractivity contribution in [2.24, 2.45) is 21.7 Å². The number of rotatable bonds is 8. The molecule has 0 atom stereocenters. The Morgan fingerprint density at radius 1 is 0.359 bits per heavy atom. The average Bonchev–Trinajstić information content (AvgIpc) is 2.45. The van der Waals surface area contributed by atoms with Crippen molar-refractivity contribution in [3.8, 4) is 0 Å². The van der Waals surface area contributed by atoms with Crippen LogP contribution in [-0.4, -0.2) is 20.6 Å². The molecule has 0 aromatic rings. The van der Waals surface area contributed by atoms with Crippen LogP contribution in [0.4, 0.5) is 0 Å². The minimum absolute atomic E-state index is 0. The largest absolute Gasteiger partial charge is 2.00 e. The molecule has 0 aromatic heterocycles. The van der Waals surface area contributed by atoms with Gasteiger partial charge in [0.15, 0.2) is 0 Å². The molecule has 0 aromatic carbocycles. The van der Waals surface area contributed by atoms with Gasteiger partial charge in [-0.05, 0) is 68.0 Å². The van der Waals surface area contributed by atoms with Crippen molar-refractivity contribution in [2.75, 3.05) is 0 Å². The Bertz CT molecular complexity index is 723. The monoisotopic (exact) mass is 706 g/mol. The molecule has 0 unspecified atom stereocenters. The van der Waals surface area contributed by atoms with E-state index in [-0.39, 0.29) is 61.8 Å². The average molecular weight is 709 g/mol. The first kappa shape index (κ1) is 46.0. The van der Waals surface area contributed by atoms with Crippen molar-refractivity contribution in [1.29, 1.82) is 0 Å². The van der Waals surface area contributed by atoms with Crippen molar-refractivity contribution in [3.05, 3.63) is 0 Å². The summed E-state index contributed by atoms with van der Waals surface area (Å²) in [5.41, 5.74) is 1.13. The van der Waals surface area contributed by atoms with Crippen LogP contribution < -0.4 is 0 Å². The molecule has 0 rings (SSSR count). The zero-order chi connectivity index (χ0) is 31.8. The van der Waals surface area contributed by atoms with Gasteiger partial charge in [-0.15, -0.1) is 23.6 Å². The molecule has 0 nitrogen and oxygen atoms in total. The smallest absolute Gasteiger partial charge is 0.745 e. The fourth-order valence-corrected chi connectivity index (χ4v) is 14.8. The first-order valence-corrected chi connectivity index (χ1v) is 22.1. The number of hydrogen-bond donors (Lipinski definition) is 0. The van der Waals surface area contributed by atoms with E-state index in [0.29, 0.717) is 0 Å². The summed E-state index contributed by atoms with van der Waals surface area (Å²) in [6.07, 6.45) is 4.42. The summed E-state index contributed by atoms with van der Waals surface area (Å²) in [4.78, 5) is 0. The molecule has 0 aliphatic heterocycles. The molecule has 0 amide bonds. The van der Waals surface area contributed by atoms with Crippen LogP contribution in [-0.2, 0) is 67.6 Å².